The van der Waals surface area contributed by atoms with Crippen LogP contribution < -0.4 is 10.6 Å². The fourth-order valence-electron chi connectivity index (χ4n) is 1.82. The van der Waals surface area contributed by atoms with E-state index in [1.165, 1.54) is 0 Å². The summed E-state index contributed by atoms with van der Waals surface area (Å²) in [5.74, 6) is 1.27. The molecule has 7 heteroatoms. The first-order chi connectivity index (χ1) is 9.34. The first kappa shape index (κ1) is 17.1. The van der Waals surface area contributed by atoms with Crippen molar-refractivity contribution in [3.05, 3.63) is 10.7 Å². The first-order valence-electron chi connectivity index (χ1n) is 6.71. The van der Waals surface area contributed by atoms with Crippen LogP contribution in [0.5, 0.6) is 0 Å². The van der Waals surface area contributed by atoms with Crippen LogP contribution in [-0.2, 0) is 0 Å². The number of aromatic nitrogens is 2. The van der Waals surface area contributed by atoms with Crippen LogP contribution in [0.1, 0.15) is 20.3 Å². The fraction of sp³-hybridized carbons (Fsp3) is 0.692. The number of halogens is 1. The van der Waals surface area contributed by atoms with Gasteiger partial charge in [-0.15, -0.1) is 0 Å². The van der Waals surface area contributed by atoms with Gasteiger partial charge in [0.15, 0.2) is 0 Å². The van der Waals surface area contributed by atoms with E-state index in [-0.39, 0.29) is 0 Å². The second kappa shape index (κ2) is 7.75. The van der Waals surface area contributed by atoms with Crippen molar-refractivity contribution >= 4 is 27.7 Å². The lowest BCUT2D eigenvalue weighted by Gasteiger charge is -2.27. The molecule has 0 radical (unpaired) electrons. The average molecular weight is 346 g/mol. The fourth-order valence-corrected chi connectivity index (χ4v) is 2.16. The second-order valence-corrected chi connectivity index (χ2v) is 6.26. The van der Waals surface area contributed by atoms with Crippen molar-refractivity contribution in [2.24, 2.45) is 0 Å². The monoisotopic (exact) mass is 345 g/mol. The molecule has 0 saturated heterocycles. The van der Waals surface area contributed by atoms with Gasteiger partial charge >= 0.3 is 0 Å². The zero-order valence-electron chi connectivity index (χ0n) is 12.6. The molecule has 0 aliphatic heterocycles. The largest absolute Gasteiger partial charge is 0.387 e. The highest BCUT2D eigenvalue weighted by molar-refractivity contribution is 9.10. The van der Waals surface area contributed by atoms with Crippen molar-refractivity contribution in [3.63, 3.8) is 0 Å². The minimum atomic E-state index is -0.828. The predicted molar refractivity (Wildman–Crippen MR) is 86.2 cm³/mol. The number of nitrogens with zero attached hydrogens (tertiary/aromatic N) is 3. The summed E-state index contributed by atoms with van der Waals surface area (Å²) in [6, 6.07) is 0. The van der Waals surface area contributed by atoms with Crippen LogP contribution in [-0.4, -0.2) is 59.3 Å². The molecule has 1 heterocycles. The summed E-state index contributed by atoms with van der Waals surface area (Å²) in [4.78, 5) is 10.5. The Balaban J connectivity index is 2.66. The van der Waals surface area contributed by atoms with E-state index in [2.05, 4.69) is 43.5 Å². The molecule has 1 rings (SSSR count). The Labute approximate surface area is 129 Å². The van der Waals surface area contributed by atoms with Gasteiger partial charge in [0.25, 0.3) is 0 Å². The molecule has 6 nitrogen and oxygen atoms in total. The van der Waals surface area contributed by atoms with E-state index in [1.54, 1.807) is 13.1 Å². The molecular weight excluding hydrogens is 322 g/mol. The summed E-state index contributed by atoms with van der Waals surface area (Å²) in [6.45, 7) is 5.70. The summed E-state index contributed by atoms with van der Waals surface area (Å²) in [6.07, 6.45) is 2.72. The number of likely N-dealkylation sites (N-methyl/N-ethyl adjacent to an activating group) is 1. The van der Waals surface area contributed by atoms with Crippen LogP contribution in [0.3, 0.4) is 0 Å². The van der Waals surface area contributed by atoms with E-state index in [1.807, 2.05) is 19.0 Å². The van der Waals surface area contributed by atoms with Crippen LogP contribution in [0.25, 0.3) is 0 Å². The lowest BCUT2D eigenvalue weighted by Crippen LogP contribution is -2.43. The highest BCUT2D eigenvalue weighted by Crippen LogP contribution is 2.21. The van der Waals surface area contributed by atoms with E-state index in [9.17, 15) is 5.11 Å². The highest BCUT2D eigenvalue weighted by atomic mass is 79.9. The molecule has 114 valence electrons. The van der Waals surface area contributed by atoms with Gasteiger partial charge in [-0.1, -0.05) is 6.92 Å². The lowest BCUT2D eigenvalue weighted by atomic mass is 10.1. The van der Waals surface area contributed by atoms with Crippen molar-refractivity contribution in [3.8, 4) is 0 Å². The molecule has 0 aliphatic carbocycles. The number of nitrogens with one attached hydrogen (secondary N) is 2. The summed E-state index contributed by atoms with van der Waals surface area (Å²) in [5.41, 5.74) is -0.828. The molecule has 0 spiro atoms. The molecule has 1 aromatic rings. The Bertz CT molecular complexity index is 425. The molecule has 0 aromatic carbocycles. The molecule has 1 unspecified atom stereocenters. The Morgan fingerprint density at radius 1 is 1.40 bits per heavy atom. The minimum Gasteiger partial charge on any atom is -0.387 e. The number of aliphatic hydroxyl groups is 1. The SMILES string of the molecule is CCCNc1ncc(Br)c(NCC(C)(O)CN(C)C)n1. The van der Waals surface area contributed by atoms with Gasteiger partial charge in [-0.3, -0.25) is 0 Å². The topological polar surface area (TPSA) is 73.3 Å². The number of anilines is 2. The van der Waals surface area contributed by atoms with Gasteiger partial charge in [-0.05, 0) is 43.4 Å². The Morgan fingerprint density at radius 2 is 2.10 bits per heavy atom. The molecular formula is C13H24BrN5O. The Morgan fingerprint density at radius 3 is 2.70 bits per heavy atom. The standard InChI is InChI=1S/C13H24BrN5O/c1-5-6-15-12-16-7-10(14)11(18-12)17-8-13(2,20)9-19(3)4/h7,20H,5-6,8-9H2,1-4H3,(H2,15,16,17,18). The van der Waals surface area contributed by atoms with Crippen LogP contribution in [0.2, 0.25) is 0 Å². The normalized spacial score (nSPS) is 14.2. The Hall–Kier alpha value is -0.920. The Kier molecular flexibility index (Phi) is 6.64. The second-order valence-electron chi connectivity index (χ2n) is 5.41. The molecule has 3 N–H and O–H groups in total. The van der Waals surface area contributed by atoms with Gasteiger partial charge in [0.05, 0.1) is 10.1 Å². The maximum atomic E-state index is 10.3. The quantitative estimate of drug-likeness (QED) is 0.667. The number of hydrogen-bond donors (Lipinski definition) is 3. The minimum absolute atomic E-state index is 0.411. The van der Waals surface area contributed by atoms with E-state index in [0.29, 0.717) is 24.9 Å². The first-order valence-corrected chi connectivity index (χ1v) is 7.51. The van der Waals surface area contributed by atoms with Gasteiger partial charge < -0.3 is 20.6 Å². The van der Waals surface area contributed by atoms with Crippen LogP contribution in [0, 0.1) is 0 Å². The van der Waals surface area contributed by atoms with Crippen molar-refractivity contribution in [2.75, 3.05) is 44.4 Å². The zero-order chi connectivity index (χ0) is 15.2. The summed E-state index contributed by atoms with van der Waals surface area (Å²) < 4.78 is 0.778. The predicted octanol–water partition coefficient (Wildman–Crippen LogP) is 1.79. The third kappa shape index (κ3) is 6.02. The van der Waals surface area contributed by atoms with Crippen molar-refractivity contribution in [1.29, 1.82) is 0 Å². The van der Waals surface area contributed by atoms with Gasteiger partial charge in [0.2, 0.25) is 5.95 Å². The maximum Gasteiger partial charge on any atom is 0.224 e. The van der Waals surface area contributed by atoms with Gasteiger partial charge in [0, 0.05) is 25.8 Å². The number of hydrogen-bond acceptors (Lipinski definition) is 6. The summed E-state index contributed by atoms with van der Waals surface area (Å²) in [5, 5.41) is 16.6. The lowest BCUT2D eigenvalue weighted by molar-refractivity contribution is 0.0459. The molecule has 0 amide bonds. The van der Waals surface area contributed by atoms with Gasteiger partial charge in [0.1, 0.15) is 5.82 Å². The molecule has 1 atom stereocenters. The van der Waals surface area contributed by atoms with Crippen molar-refractivity contribution in [2.45, 2.75) is 25.9 Å². The van der Waals surface area contributed by atoms with E-state index >= 15 is 0 Å². The molecule has 0 saturated carbocycles. The van der Waals surface area contributed by atoms with E-state index < -0.39 is 5.60 Å². The summed E-state index contributed by atoms with van der Waals surface area (Å²) in [7, 11) is 3.86. The molecule has 0 bridgehead atoms. The van der Waals surface area contributed by atoms with E-state index in [4.69, 9.17) is 0 Å². The van der Waals surface area contributed by atoms with Crippen molar-refractivity contribution in [1.82, 2.24) is 14.9 Å². The summed E-state index contributed by atoms with van der Waals surface area (Å²) >= 11 is 3.41. The van der Waals surface area contributed by atoms with Gasteiger partial charge in [-0.2, -0.15) is 4.98 Å². The third-order valence-corrected chi connectivity index (χ3v) is 3.15. The highest BCUT2D eigenvalue weighted by Gasteiger charge is 2.21. The van der Waals surface area contributed by atoms with Crippen LogP contribution in [0.4, 0.5) is 11.8 Å². The van der Waals surface area contributed by atoms with Crippen LogP contribution >= 0.6 is 15.9 Å². The third-order valence-electron chi connectivity index (χ3n) is 2.57. The molecule has 0 fully saturated rings. The maximum absolute atomic E-state index is 10.3. The molecule has 1 aromatic heterocycles. The zero-order valence-corrected chi connectivity index (χ0v) is 14.2. The van der Waals surface area contributed by atoms with Gasteiger partial charge in [-0.25, -0.2) is 4.98 Å². The van der Waals surface area contributed by atoms with Crippen LogP contribution in [0.15, 0.2) is 10.7 Å². The average Bonchev–Trinajstić information content (AvgIpc) is 2.34. The number of rotatable bonds is 8. The molecule has 20 heavy (non-hydrogen) atoms. The van der Waals surface area contributed by atoms with Crippen molar-refractivity contribution < 1.29 is 5.11 Å². The molecule has 0 aliphatic rings. The smallest absolute Gasteiger partial charge is 0.224 e. The van der Waals surface area contributed by atoms with E-state index in [0.717, 1.165) is 17.4 Å².